The Morgan fingerprint density at radius 2 is 1.63 bits per heavy atom. The molecule has 0 bridgehead atoms. The summed E-state index contributed by atoms with van der Waals surface area (Å²) in [7, 11) is -3.24. The molecule has 0 radical (unpaired) electrons. The Balaban J connectivity index is 2.37. The summed E-state index contributed by atoms with van der Waals surface area (Å²) in [6, 6.07) is 15.0. The summed E-state index contributed by atoms with van der Waals surface area (Å²) >= 11 is 0. The summed E-state index contributed by atoms with van der Waals surface area (Å²) in [4.78, 5) is 0.329. The summed E-state index contributed by atoms with van der Waals surface area (Å²) in [6.45, 7) is 2.18. The molecule has 0 heterocycles. The van der Waals surface area contributed by atoms with Crippen LogP contribution in [0.5, 0.6) is 0 Å². The quantitative estimate of drug-likeness (QED) is 0.932. The van der Waals surface area contributed by atoms with Crippen LogP contribution in [0.4, 0.5) is 0 Å². The van der Waals surface area contributed by atoms with Gasteiger partial charge >= 0.3 is 0 Å². The van der Waals surface area contributed by atoms with Crippen molar-refractivity contribution >= 4 is 9.84 Å². The second kappa shape index (κ2) is 5.55. The van der Waals surface area contributed by atoms with Crippen molar-refractivity contribution in [2.45, 2.75) is 11.8 Å². The molecule has 0 saturated heterocycles. The standard InChI is InChI=1S/C15H17NO2S/c1-12-4-2-3-5-15(12)13-6-8-14(9-7-13)19(17,18)11-10-16/h2-9H,10-11,16H2,1H3. The fourth-order valence-corrected chi connectivity index (χ4v) is 3.11. The van der Waals surface area contributed by atoms with E-state index in [1.807, 2.05) is 43.3 Å². The Morgan fingerprint density at radius 1 is 1.00 bits per heavy atom. The third-order valence-corrected chi connectivity index (χ3v) is 4.82. The van der Waals surface area contributed by atoms with Crippen LogP contribution in [0.15, 0.2) is 53.4 Å². The molecular formula is C15H17NO2S. The van der Waals surface area contributed by atoms with E-state index >= 15 is 0 Å². The van der Waals surface area contributed by atoms with Gasteiger partial charge in [-0.1, -0.05) is 36.4 Å². The minimum absolute atomic E-state index is 0.0172. The molecule has 2 rings (SSSR count). The third-order valence-electron chi connectivity index (χ3n) is 3.06. The number of aryl methyl sites for hydroxylation is 1. The molecule has 0 saturated carbocycles. The highest BCUT2D eigenvalue weighted by molar-refractivity contribution is 7.91. The molecule has 0 fully saturated rings. The molecule has 0 aliphatic carbocycles. The summed E-state index contributed by atoms with van der Waals surface area (Å²) < 4.78 is 23.7. The van der Waals surface area contributed by atoms with Crippen LogP contribution < -0.4 is 5.73 Å². The minimum atomic E-state index is -3.24. The largest absolute Gasteiger partial charge is 0.329 e. The molecule has 0 spiro atoms. The lowest BCUT2D eigenvalue weighted by Crippen LogP contribution is -2.15. The molecule has 0 atom stereocenters. The zero-order chi connectivity index (χ0) is 13.9. The molecule has 2 aromatic rings. The number of nitrogens with two attached hydrogens (primary N) is 1. The Bertz CT molecular complexity index is 661. The Kier molecular flexibility index (Phi) is 4.02. The number of hydrogen-bond donors (Lipinski definition) is 1. The smallest absolute Gasteiger partial charge is 0.179 e. The van der Waals surface area contributed by atoms with Gasteiger partial charge < -0.3 is 5.73 Å². The van der Waals surface area contributed by atoms with Gasteiger partial charge in [0.2, 0.25) is 0 Å². The first-order valence-electron chi connectivity index (χ1n) is 6.13. The molecule has 19 heavy (non-hydrogen) atoms. The molecule has 2 aromatic carbocycles. The van der Waals surface area contributed by atoms with Crippen molar-refractivity contribution in [2.24, 2.45) is 5.73 Å². The van der Waals surface area contributed by atoms with E-state index in [0.29, 0.717) is 4.90 Å². The molecular weight excluding hydrogens is 258 g/mol. The van der Waals surface area contributed by atoms with Crippen molar-refractivity contribution < 1.29 is 8.42 Å². The van der Waals surface area contributed by atoms with E-state index in [1.165, 1.54) is 5.56 Å². The van der Waals surface area contributed by atoms with Crippen LogP contribution in [0, 0.1) is 6.92 Å². The SMILES string of the molecule is Cc1ccccc1-c1ccc(S(=O)(=O)CCN)cc1. The van der Waals surface area contributed by atoms with Crippen LogP contribution in [0.3, 0.4) is 0 Å². The predicted molar refractivity (Wildman–Crippen MR) is 77.7 cm³/mol. The average Bonchev–Trinajstić information content (AvgIpc) is 2.39. The molecule has 0 aliphatic rings. The van der Waals surface area contributed by atoms with Crippen molar-refractivity contribution in [3.05, 3.63) is 54.1 Å². The van der Waals surface area contributed by atoms with E-state index < -0.39 is 9.84 Å². The summed E-state index contributed by atoms with van der Waals surface area (Å²) in [5.41, 5.74) is 8.61. The maximum absolute atomic E-state index is 11.9. The monoisotopic (exact) mass is 275 g/mol. The lowest BCUT2D eigenvalue weighted by Gasteiger charge is -2.07. The summed E-state index contributed by atoms with van der Waals surface area (Å²) in [6.07, 6.45) is 0. The molecule has 0 unspecified atom stereocenters. The molecule has 100 valence electrons. The van der Waals surface area contributed by atoms with Gasteiger partial charge in [-0.25, -0.2) is 8.42 Å². The summed E-state index contributed by atoms with van der Waals surface area (Å²) in [5.74, 6) is -0.0172. The van der Waals surface area contributed by atoms with Gasteiger partial charge in [0.05, 0.1) is 10.6 Å². The molecule has 3 nitrogen and oxygen atoms in total. The highest BCUT2D eigenvalue weighted by Crippen LogP contribution is 2.24. The highest BCUT2D eigenvalue weighted by Gasteiger charge is 2.13. The van der Waals surface area contributed by atoms with E-state index in [4.69, 9.17) is 5.73 Å². The molecule has 0 aromatic heterocycles. The highest BCUT2D eigenvalue weighted by atomic mass is 32.2. The Labute approximate surface area is 114 Å². The first-order chi connectivity index (χ1) is 9.04. The van der Waals surface area contributed by atoms with Crippen molar-refractivity contribution in [1.82, 2.24) is 0 Å². The maximum atomic E-state index is 11.9. The first-order valence-corrected chi connectivity index (χ1v) is 7.79. The normalized spacial score (nSPS) is 11.5. The van der Waals surface area contributed by atoms with E-state index in [-0.39, 0.29) is 12.3 Å². The average molecular weight is 275 g/mol. The zero-order valence-electron chi connectivity index (χ0n) is 10.8. The van der Waals surface area contributed by atoms with Crippen LogP contribution >= 0.6 is 0 Å². The molecule has 0 amide bonds. The van der Waals surface area contributed by atoms with E-state index in [0.717, 1.165) is 11.1 Å². The number of benzene rings is 2. The van der Waals surface area contributed by atoms with Gasteiger partial charge in [-0.2, -0.15) is 0 Å². The van der Waals surface area contributed by atoms with Crippen molar-refractivity contribution in [3.8, 4) is 11.1 Å². The predicted octanol–water partition coefficient (Wildman–Crippen LogP) is 2.39. The molecule has 4 heteroatoms. The van der Waals surface area contributed by atoms with Gasteiger partial charge in [-0.15, -0.1) is 0 Å². The van der Waals surface area contributed by atoms with E-state index in [9.17, 15) is 8.42 Å². The second-order valence-corrected chi connectivity index (χ2v) is 6.56. The Hall–Kier alpha value is -1.65. The third kappa shape index (κ3) is 3.03. The second-order valence-electron chi connectivity index (χ2n) is 4.45. The van der Waals surface area contributed by atoms with Crippen LogP contribution in [0.2, 0.25) is 0 Å². The van der Waals surface area contributed by atoms with E-state index in [1.54, 1.807) is 12.1 Å². The lowest BCUT2D eigenvalue weighted by atomic mass is 10.0. The van der Waals surface area contributed by atoms with Crippen molar-refractivity contribution in [1.29, 1.82) is 0 Å². The van der Waals surface area contributed by atoms with Crippen LogP contribution in [0.1, 0.15) is 5.56 Å². The topological polar surface area (TPSA) is 60.2 Å². The minimum Gasteiger partial charge on any atom is -0.329 e. The van der Waals surface area contributed by atoms with Gasteiger partial charge in [0, 0.05) is 6.54 Å². The zero-order valence-corrected chi connectivity index (χ0v) is 11.7. The van der Waals surface area contributed by atoms with Crippen LogP contribution in [0.25, 0.3) is 11.1 Å². The first kappa shape index (κ1) is 13.8. The number of rotatable bonds is 4. The van der Waals surface area contributed by atoms with Crippen molar-refractivity contribution in [3.63, 3.8) is 0 Å². The maximum Gasteiger partial charge on any atom is 0.179 e. The van der Waals surface area contributed by atoms with Crippen LogP contribution in [-0.2, 0) is 9.84 Å². The molecule has 0 aliphatic heterocycles. The Morgan fingerprint density at radius 3 is 2.21 bits per heavy atom. The fourth-order valence-electron chi connectivity index (χ4n) is 2.01. The van der Waals surface area contributed by atoms with Gasteiger partial charge in [0.25, 0.3) is 0 Å². The van der Waals surface area contributed by atoms with Crippen molar-refractivity contribution in [2.75, 3.05) is 12.3 Å². The van der Waals surface area contributed by atoms with E-state index in [2.05, 4.69) is 0 Å². The van der Waals surface area contributed by atoms with Crippen LogP contribution in [-0.4, -0.2) is 20.7 Å². The molecule has 2 N–H and O–H groups in total. The number of hydrogen-bond acceptors (Lipinski definition) is 3. The van der Waals surface area contributed by atoms with Gasteiger partial charge in [0.15, 0.2) is 9.84 Å². The summed E-state index contributed by atoms with van der Waals surface area (Å²) in [5, 5.41) is 0. The van der Waals surface area contributed by atoms with Gasteiger partial charge in [0.1, 0.15) is 0 Å². The number of sulfone groups is 1. The van der Waals surface area contributed by atoms with Gasteiger partial charge in [-0.05, 0) is 35.7 Å². The lowest BCUT2D eigenvalue weighted by molar-refractivity contribution is 0.596. The van der Waals surface area contributed by atoms with Gasteiger partial charge in [-0.3, -0.25) is 0 Å². The fraction of sp³-hybridized carbons (Fsp3) is 0.200.